The van der Waals surface area contributed by atoms with Gasteiger partial charge in [-0.05, 0) is 44.4 Å². The normalized spacial score (nSPS) is 18.1. The van der Waals surface area contributed by atoms with Crippen molar-refractivity contribution in [3.63, 3.8) is 0 Å². The number of benzene rings is 1. The minimum Gasteiger partial charge on any atom is -0.461 e. The maximum absolute atomic E-state index is 13.5. The number of nitrogens with one attached hydrogen (secondary N) is 1. The van der Waals surface area contributed by atoms with Crippen LogP contribution in [-0.2, 0) is 16.1 Å². The quantitative estimate of drug-likeness (QED) is 0.658. The van der Waals surface area contributed by atoms with Gasteiger partial charge in [-0.2, -0.15) is 5.10 Å². The number of ether oxygens (including phenoxy) is 1. The summed E-state index contributed by atoms with van der Waals surface area (Å²) in [5, 5.41) is 7.63. The number of anilines is 1. The van der Waals surface area contributed by atoms with Crippen LogP contribution in [0.4, 0.5) is 5.69 Å². The highest BCUT2D eigenvalue weighted by atomic mass is 35.5. The van der Waals surface area contributed by atoms with Crippen molar-refractivity contribution in [1.82, 2.24) is 15.1 Å². The van der Waals surface area contributed by atoms with Gasteiger partial charge in [0.2, 0.25) is 5.91 Å². The Kier molecular flexibility index (Phi) is 6.69. The largest absolute Gasteiger partial charge is 0.461 e. The van der Waals surface area contributed by atoms with E-state index in [0.717, 1.165) is 6.42 Å². The van der Waals surface area contributed by atoms with E-state index in [1.165, 1.54) is 15.6 Å². The van der Waals surface area contributed by atoms with Crippen molar-refractivity contribution in [3.05, 3.63) is 46.7 Å². The van der Waals surface area contributed by atoms with Gasteiger partial charge >= 0.3 is 5.97 Å². The Hall–Kier alpha value is -2.87. The number of esters is 1. The van der Waals surface area contributed by atoms with Crippen LogP contribution in [0.25, 0.3) is 0 Å². The molecule has 1 aliphatic rings. The molecule has 2 aromatic rings. The van der Waals surface area contributed by atoms with Crippen molar-refractivity contribution in [2.75, 3.05) is 18.1 Å². The lowest BCUT2D eigenvalue weighted by molar-refractivity contribution is -0.126. The van der Waals surface area contributed by atoms with E-state index in [1.807, 2.05) is 0 Å². The molecule has 1 aromatic carbocycles. The first-order valence-electron chi connectivity index (χ1n) is 10.3. The van der Waals surface area contributed by atoms with Gasteiger partial charge in [-0.1, -0.05) is 31.5 Å². The molecule has 0 saturated heterocycles. The zero-order chi connectivity index (χ0) is 22.8. The molecule has 31 heavy (non-hydrogen) atoms. The standard InChI is InChI=1S/C22H27ClN4O4/c1-5-31-20(29)17-12-18-19(28)27(16-8-6-7-15(23)11-16)22(4,13-26(18)25-17)21(30)24-10-9-14(2)3/h6-8,11-12,14H,5,9-10,13H2,1-4H3,(H,24,30)/t22-/m1/s1. The first kappa shape index (κ1) is 22.8. The molecule has 1 N–H and O–H groups in total. The van der Waals surface area contributed by atoms with Gasteiger partial charge in [0, 0.05) is 23.3 Å². The van der Waals surface area contributed by atoms with Crippen LogP contribution in [-0.4, -0.2) is 46.3 Å². The average molecular weight is 447 g/mol. The van der Waals surface area contributed by atoms with Gasteiger partial charge in [0.05, 0.1) is 13.2 Å². The topological polar surface area (TPSA) is 93.5 Å². The Morgan fingerprint density at radius 2 is 2.06 bits per heavy atom. The number of carbonyl (C=O) groups is 3. The summed E-state index contributed by atoms with van der Waals surface area (Å²) in [6.07, 6.45) is 0.812. The molecule has 0 unspecified atom stereocenters. The van der Waals surface area contributed by atoms with E-state index in [-0.39, 0.29) is 30.4 Å². The number of hydrogen-bond donors (Lipinski definition) is 1. The van der Waals surface area contributed by atoms with Crippen LogP contribution in [0.3, 0.4) is 0 Å². The monoisotopic (exact) mass is 446 g/mol. The SMILES string of the molecule is CCOC(=O)c1cc2n(n1)C[C@](C)(C(=O)NCCC(C)C)N(c1cccc(Cl)c1)C2=O. The highest BCUT2D eigenvalue weighted by Crippen LogP contribution is 2.34. The number of amides is 2. The molecule has 2 amide bonds. The van der Waals surface area contributed by atoms with Crippen LogP contribution in [0.1, 0.15) is 55.1 Å². The lowest BCUT2D eigenvalue weighted by Gasteiger charge is -2.43. The van der Waals surface area contributed by atoms with E-state index in [0.29, 0.717) is 23.2 Å². The molecule has 0 aliphatic carbocycles. The Morgan fingerprint density at radius 1 is 1.32 bits per heavy atom. The van der Waals surface area contributed by atoms with Crippen LogP contribution < -0.4 is 10.2 Å². The van der Waals surface area contributed by atoms with E-state index < -0.39 is 17.4 Å². The lowest BCUT2D eigenvalue weighted by atomic mass is 9.93. The van der Waals surface area contributed by atoms with Gasteiger partial charge in [-0.25, -0.2) is 4.79 Å². The third-order valence-corrected chi connectivity index (χ3v) is 5.44. The predicted octanol–water partition coefficient (Wildman–Crippen LogP) is 3.29. The smallest absolute Gasteiger partial charge is 0.358 e. The first-order chi connectivity index (χ1) is 14.7. The van der Waals surface area contributed by atoms with Crippen molar-refractivity contribution in [3.8, 4) is 0 Å². The second-order valence-electron chi connectivity index (χ2n) is 8.13. The fourth-order valence-electron chi connectivity index (χ4n) is 3.57. The summed E-state index contributed by atoms with van der Waals surface area (Å²) >= 11 is 6.17. The third-order valence-electron chi connectivity index (χ3n) is 5.20. The molecule has 3 rings (SSSR count). The maximum atomic E-state index is 13.5. The van der Waals surface area contributed by atoms with E-state index >= 15 is 0 Å². The molecule has 0 spiro atoms. The summed E-state index contributed by atoms with van der Waals surface area (Å²) in [5.41, 5.74) is -0.552. The number of aromatic nitrogens is 2. The van der Waals surface area contributed by atoms with Crippen LogP contribution in [0, 0.1) is 5.92 Å². The number of nitrogens with zero attached hydrogens (tertiary/aromatic N) is 3. The molecule has 0 bridgehead atoms. The number of carbonyl (C=O) groups excluding carboxylic acids is 3. The zero-order valence-electron chi connectivity index (χ0n) is 18.1. The van der Waals surface area contributed by atoms with E-state index in [9.17, 15) is 14.4 Å². The molecule has 8 nitrogen and oxygen atoms in total. The number of rotatable bonds is 7. The third kappa shape index (κ3) is 4.58. The summed E-state index contributed by atoms with van der Waals surface area (Å²) in [5.74, 6) is -0.942. The molecule has 9 heteroatoms. The molecular formula is C22H27ClN4O4. The minimum atomic E-state index is -1.27. The zero-order valence-corrected chi connectivity index (χ0v) is 18.9. The van der Waals surface area contributed by atoms with Gasteiger partial charge in [0.25, 0.3) is 5.91 Å². The Balaban J connectivity index is 2.03. The Labute approximate surface area is 186 Å². The van der Waals surface area contributed by atoms with Gasteiger partial charge < -0.3 is 10.1 Å². The Bertz CT molecular complexity index is 1000. The second-order valence-corrected chi connectivity index (χ2v) is 8.56. The van der Waals surface area contributed by atoms with Crippen molar-refractivity contribution in [2.24, 2.45) is 5.92 Å². The van der Waals surface area contributed by atoms with Crippen LogP contribution in [0.2, 0.25) is 5.02 Å². The molecular weight excluding hydrogens is 420 g/mol. The van der Waals surface area contributed by atoms with Crippen LogP contribution in [0.15, 0.2) is 30.3 Å². The van der Waals surface area contributed by atoms with E-state index in [2.05, 4.69) is 24.3 Å². The molecule has 1 aliphatic heterocycles. The first-order valence-corrected chi connectivity index (χ1v) is 10.7. The van der Waals surface area contributed by atoms with Gasteiger partial charge in [-0.15, -0.1) is 0 Å². The highest BCUT2D eigenvalue weighted by molar-refractivity contribution is 6.31. The van der Waals surface area contributed by atoms with Gasteiger partial charge in [0.1, 0.15) is 11.2 Å². The fraction of sp³-hybridized carbons (Fsp3) is 0.455. The minimum absolute atomic E-state index is 0.0284. The summed E-state index contributed by atoms with van der Waals surface area (Å²) in [6.45, 7) is 8.28. The maximum Gasteiger partial charge on any atom is 0.358 e. The molecule has 1 atom stereocenters. The molecule has 2 heterocycles. The van der Waals surface area contributed by atoms with Crippen LogP contribution >= 0.6 is 11.6 Å². The van der Waals surface area contributed by atoms with Crippen molar-refractivity contribution < 1.29 is 19.1 Å². The lowest BCUT2D eigenvalue weighted by Crippen LogP contribution is -2.64. The second kappa shape index (κ2) is 9.09. The van der Waals surface area contributed by atoms with Gasteiger partial charge in [0.15, 0.2) is 5.69 Å². The van der Waals surface area contributed by atoms with Crippen molar-refractivity contribution >= 4 is 35.1 Å². The molecule has 1 aromatic heterocycles. The molecule has 0 fully saturated rings. The fourth-order valence-corrected chi connectivity index (χ4v) is 3.76. The summed E-state index contributed by atoms with van der Waals surface area (Å²) in [6, 6.07) is 8.17. The predicted molar refractivity (Wildman–Crippen MR) is 117 cm³/mol. The van der Waals surface area contributed by atoms with E-state index in [4.69, 9.17) is 16.3 Å². The van der Waals surface area contributed by atoms with E-state index in [1.54, 1.807) is 38.1 Å². The van der Waals surface area contributed by atoms with Crippen LogP contribution in [0.5, 0.6) is 0 Å². The van der Waals surface area contributed by atoms with Gasteiger partial charge in [-0.3, -0.25) is 19.2 Å². The number of halogens is 1. The summed E-state index contributed by atoms with van der Waals surface area (Å²) < 4.78 is 6.41. The Morgan fingerprint density at radius 3 is 2.71 bits per heavy atom. The molecule has 0 radical (unpaired) electrons. The summed E-state index contributed by atoms with van der Waals surface area (Å²) in [4.78, 5) is 40.4. The molecule has 0 saturated carbocycles. The number of hydrogen-bond acceptors (Lipinski definition) is 5. The highest BCUT2D eigenvalue weighted by Gasteiger charge is 2.49. The van der Waals surface area contributed by atoms with Crippen molar-refractivity contribution in [2.45, 2.75) is 46.2 Å². The van der Waals surface area contributed by atoms with Crippen molar-refractivity contribution in [1.29, 1.82) is 0 Å². The number of fused-ring (bicyclic) bond motifs is 1. The average Bonchev–Trinajstić information content (AvgIpc) is 3.12. The summed E-state index contributed by atoms with van der Waals surface area (Å²) in [7, 11) is 0. The molecule has 166 valence electrons.